The third kappa shape index (κ3) is 4.25. The zero-order valence-electron chi connectivity index (χ0n) is 16.6. The quantitative estimate of drug-likeness (QED) is 0.504. The summed E-state index contributed by atoms with van der Waals surface area (Å²) in [4.78, 5) is 43.0. The van der Waals surface area contributed by atoms with Crippen molar-refractivity contribution >= 4 is 28.4 Å². The van der Waals surface area contributed by atoms with Gasteiger partial charge in [0.15, 0.2) is 5.78 Å². The molecular weight excluding hydrogens is 397 g/mol. The molecule has 0 aliphatic rings. The number of halogens is 1. The molecule has 0 aliphatic heterocycles. The first kappa shape index (κ1) is 20.2. The van der Waals surface area contributed by atoms with E-state index in [2.05, 4.69) is 10.3 Å². The van der Waals surface area contributed by atoms with E-state index in [1.54, 1.807) is 43.3 Å². The summed E-state index contributed by atoms with van der Waals surface area (Å²) >= 11 is 0. The molecule has 0 saturated carbocycles. The monoisotopic (exact) mass is 415 g/mol. The van der Waals surface area contributed by atoms with E-state index in [9.17, 15) is 18.8 Å². The van der Waals surface area contributed by atoms with Crippen molar-refractivity contribution in [2.75, 3.05) is 5.32 Å². The second-order valence-electron chi connectivity index (χ2n) is 7.07. The minimum Gasteiger partial charge on any atom is -0.325 e. The van der Waals surface area contributed by atoms with E-state index in [0.29, 0.717) is 17.0 Å². The Kier molecular flexibility index (Phi) is 5.41. The van der Waals surface area contributed by atoms with E-state index in [-0.39, 0.29) is 29.0 Å². The zero-order valence-corrected chi connectivity index (χ0v) is 16.6. The summed E-state index contributed by atoms with van der Waals surface area (Å²) < 4.78 is 14.7. The second-order valence-corrected chi connectivity index (χ2v) is 7.07. The van der Waals surface area contributed by atoms with E-state index in [1.807, 2.05) is 6.07 Å². The number of carbonyl (C=O) groups is 2. The molecule has 0 saturated heterocycles. The molecule has 1 amide bonds. The predicted molar refractivity (Wildman–Crippen MR) is 116 cm³/mol. The van der Waals surface area contributed by atoms with Gasteiger partial charge in [0.25, 0.3) is 0 Å². The van der Waals surface area contributed by atoms with Crippen LogP contribution in [-0.4, -0.2) is 21.2 Å². The number of ketones is 1. The minimum atomic E-state index is -0.551. The van der Waals surface area contributed by atoms with Crippen molar-refractivity contribution < 1.29 is 14.0 Å². The van der Waals surface area contributed by atoms with Crippen LogP contribution in [0.2, 0.25) is 0 Å². The summed E-state index contributed by atoms with van der Waals surface area (Å²) in [5.41, 5.74) is 1.18. The van der Waals surface area contributed by atoms with E-state index >= 15 is 0 Å². The van der Waals surface area contributed by atoms with Crippen LogP contribution in [0.25, 0.3) is 11.0 Å². The van der Waals surface area contributed by atoms with Gasteiger partial charge >= 0.3 is 0 Å². The Morgan fingerprint density at radius 3 is 2.42 bits per heavy atom. The number of nitrogens with zero attached hydrogens (tertiary/aromatic N) is 2. The second kappa shape index (κ2) is 8.31. The van der Waals surface area contributed by atoms with Crippen LogP contribution in [0.3, 0.4) is 0 Å². The van der Waals surface area contributed by atoms with Crippen LogP contribution in [0.1, 0.15) is 21.6 Å². The van der Waals surface area contributed by atoms with Crippen molar-refractivity contribution in [3.63, 3.8) is 0 Å². The van der Waals surface area contributed by atoms with Crippen molar-refractivity contribution in [2.24, 2.45) is 0 Å². The number of para-hydroxylation sites is 1. The van der Waals surface area contributed by atoms with Crippen LogP contribution in [-0.2, 0) is 11.3 Å². The lowest BCUT2D eigenvalue weighted by molar-refractivity contribution is -0.116. The van der Waals surface area contributed by atoms with Gasteiger partial charge in [-0.25, -0.2) is 9.37 Å². The topological polar surface area (TPSA) is 81.1 Å². The van der Waals surface area contributed by atoms with Crippen LogP contribution < -0.4 is 10.7 Å². The van der Waals surface area contributed by atoms with E-state index < -0.39 is 17.0 Å². The number of amides is 1. The first-order valence-corrected chi connectivity index (χ1v) is 9.58. The Morgan fingerprint density at radius 1 is 1.00 bits per heavy atom. The Morgan fingerprint density at radius 2 is 1.71 bits per heavy atom. The van der Waals surface area contributed by atoms with Gasteiger partial charge in [-0.1, -0.05) is 18.2 Å². The number of hydrogen-bond donors (Lipinski definition) is 1. The molecule has 31 heavy (non-hydrogen) atoms. The van der Waals surface area contributed by atoms with Crippen LogP contribution >= 0.6 is 0 Å². The summed E-state index contributed by atoms with van der Waals surface area (Å²) in [5, 5.41) is 3.01. The van der Waals surface area contributed by atoms with Crippen molar-refractivity contribution in [3.05, 3.63) is 106 Å². The predicted octanol–water partition coefficient (Wildman–Crippen LogP) is 3.71. The normalized spacial score (nSPS) is 10.8. The summed E-state index contributed by atoms with van der Waals surface area (Å²) in [5.74, 6) is -1.37. The minimum absolute atomic E-state index is 0.114. The molecule has 154 valence electrons. The molecular formula is C24H18FN3O3. The molecule has 0 aliphatic carbocycles. The molecule has 2 heterocycles. The molecule has 2 aromatic carbocycles. The molecule has 0 bridgehead atoms. The number of aromatic nitrogens is 2. The number of anilines is 1. The number of aryl methyl sites for hydroxylation is 1. The van der Waals surface area contributed by atoms with Crippen molar-refractivity contribution in [1.82, 2.24) is 9.55 Å². The first-order valence-electron chi connectivity index (χ1n) is 9.58. The van der Waals surface area contributed by atoms with Gasteiger partial charge < -0.3 is 9.88 Å². The highest BCUT2D eigenvalue weighted by Gasteiger charge is 2.19. The number of fused-ring (bicyclic) bond motifs is 1. The first-order chi connectivity index (χ1) is 14.9. The van der Waals surface area contributed by atoms with Gasteiger partial charge in [0, 0.05) is 23.1 Å². The van der Waals surface area contributed by atoms with Crippen LogP contribution in [0.5, 0.6) is 0 Å². The smallest absolute Gasteiger partial charge is 0.244 e. The summed E-state index contributed by atoms with van der Waals surface area (Å²) in [7, 11) is 0. The molecule has 7 heteroatoms. The molecule has 0 fully saturated rings. The number of rotatable bonds is 5. The van der Waals surface area contributed by atoms with Gasteiger partial charge in [0.2, 0.25) is 11.3 Å². The molecule has 0 atom stereocenters. The number of benzene rings is 2. The molecule has 6 nitrogen and oxygen atoms in total. The van der Waals surface area contributed by atoms with Crippen LogP contribution in [0.15, 0.2) is 77.7 Å². The fraction of sp³-hybridized carbons (Fsp3) is 0.0833. The van der Waals surface area contributed by atoms with E-state index in [4.69, 9.17) is 0 Å². The van der Waals surface area contributed by atoms with Crippen LogP contribution in [0.4, 0.5) is 10.1 Å². The standard InChI is InChI=1S/C24H18FN3O3/c1-15-7-12-19-23(31)20(22(30)16-8-10-17(25)11-9-16)13-28(24(19)26-15)14-21(29)27-18-5-3-2-4-6-18/h2-13H,14H2,1H3,(H,27,29). The fourth-order valence-electron chi connectivity index (χ4n) is 3.28. The molecule has 0 unspecified atom stereocenters. The van der Waals surface area contributed by atoms with Gasteiger partial charge in [0.05, 0.1) is 10.9 Å². The Balaban J connectivity index is 1.78. The van der Waals surface area contributed by atoms with Gasteiger partial charge in [0.1, 0.15) is 18.0 Å². The summed E-state index contributed by atoms with van der Waals surface area (Å²) in [6, 6.07) is 17.2. The molecule has 0 radical (unpaired) electrons. The number of hydrogen-bond acceptors (Lipinski definition) is 4. The van der Waals surface area contributed by atoms with Gasteiger partial charge in [-0.3, -0.25) is 14.4 Å². The van der Waals surface area contributed by atoms with Crippen molar-refractivity contribution in [1.29, 1.82) is 0 Å². The van der Waals surface area contributed by atoms with Gasteiger partial charge in [-0.15, -0.1) is 0 Å². The van der Waals surface area contributed by atoms with Crippen LogP contribution in [0, 0.1) is 12.7 Å². The molecule has 1 N–H and O–H groups in total. The highest BCUT2D eigenvalue weighted by molar-refractivity contribution is 6.10. The number of pyridine rings is 2. The molecule has 0 spiro atoms. The maximum Gasteiger partial charge on any atom is 0.244 e. The molecule has 2 aromatic heterocycles. The SMILES string of the molecule is Cc1ccc2c(=O)c(C(=O)c3ccc(F)cc3)cn(CC(=O)Nc3ccccc3)c2n1. The largest absolute Gasteiger partial charge is 0.325 e. The summed E-state index contributed by atoms with van der Waals surface area (Å²) in [6.07, 6.45) is 1.34. The lowest BCUT2D eigenvalue weighted by Gasteiger charge is -2.13. The average molecular weight is 415 g/mol. The maximum atomic E-state index is 13.2. The average Bonchev–Trinajstić information content (AvgIpc) is 2.76. The third-order valence-electron chi connectivity index (χ3n) is 4.78. The highest BCUT2D eigenvalue weighted by atomic mass is 19.1. The van der Waals surface area contributed by atoms with Gasteiger partial charge in [-0.05, 0) is 55.5 Å². The molecule has 4 aromatic rings. The fourth-order valence-corrected chi connectivity index (χ4v) is 3.28. The van der Waals surface area contributed by atoms with E-state index in [1.165, 1.54) is 22.9 Å². The lowest BCUT2D eigenvalue weighted by Crippen LogP contribution is -2.25. The number of carbonyl (C=O) groups excluding carboxylic acids is 2. The maximum absolute atomic E-state index is 13.2. The highest BCUT2D eigenvalue weighted by Crippen LogP contribution is 2.15. The summed E-state index contributed by atoms with van der Waals surface area (Å²) in [6.45, 7) is 1.63. The van der Waals surface area contributed by atoms with E-state index in [0.717, 1.165) is 12.1 Å². The van der Waals surface area contributed by atoms with Gasteiger partial charge in [-0.2, -0.15) is 0 Å². The van der Waals surface area contributed by atoms with Crippen molar-refractivity contribution in [3.8, 4) is 0 Å². The Labute approximate surface area is 177 Å². The molecule has 4 rings (SSSR count). The third-order valence-corrected chi connectivity index (χ3v) is 4.78. The lowest BCUT2D eigenvalue weighted by atomic mass is 10.0. The Bertz CT molecular complexity index is 1350. The number of nitrogens with one attached hydrogen (secondary N) is 1. The Hall–Kier alpha value is -4.13. The zero-order chi connectivity index (χ0) is 22.0. The van der Waals surface area contributed by atoms with Crippen molar-refractivity contribution in [2.45, 2.75) is 13.5 Å².